The molecule has 0 radical (unpaired) electrons. The second-order valence-electron chi connectivity index (χ2n) is 5.38. The summed E-state index contributed by atoms with van der Waals surface area (Å²) in [6, 6.07) is 3.50. The lowest BCUT2D eigenvalue weighted by molar-refractivity contribution is 0.0543. The normalized spacial score (nSPS) is 25.8. The molecule has 2 atom stereocenters. The van der Waals surface area contributed by atoms with Crippen LogP contribution < -0.4 is 0 Å². The molecular weight excluding hydrogens is 314 g/mol. The average molecular weight is 333 g/mol. The number of nitrogens with zero attached hydrogens (tertiary/aromatic N) is 2. The summed E-state index contributed by atoms with van der Waals surface area (Å²) in [6.45, 7) is 6.24. The quantitative estimate of drug-likeness (QED) is 0.767. The largest absolute Gasteiger partial charge is 0.298 e. The zero-order chi connectivity index (χ0) is 14.2. The van der Waals surface area contributed by atoms with Gasteiger partial charge < -0.3 is 0 Å². The lowest BCUT2D eigenvalue weighted by atomic mass is 10.1. The van der Waals surface area contributed by atoms with Crippen molar-refractivity contribution in [3.63, 3.8) is 0 Å². The van der Waals surface area contributed by atoms with Crippen LogP contribution in [0.1, 0.15) is 19.4 Å². The smallest absolute Gasteiger partial charge is 0.144 e. The van der Waals surface area contributed by atoms with Gasteiger partial charge in [-0.2, -0.15) is 0 Å². The number of hydrogen-bond acceptors (Lipinski definition) is 2. The summed E-state index contributed by atoms with van der Waals surface area (Å²) in [7, 11) is 2.09. The van der Waals surface area contributed by atoms with E-state index >= 15 is 0 Å². The Bertz CT molecular complexity index is 455. The van der Waals surface area contributed by atoms with E-state index < -0.39 is 11.6 Å². The first-order valence-electron chi connectivity index (χ1n) is 6.46. The molecule has 1 heterocycles. The summed E-state index contributed by atoms with van der Waals surface area (Å²) in [5.74, 6) is -0.959. The fourth-order valence-electron chi connectivity index (χ4n) is 2.58. The van der Waals surface area contributed by atoms with Gasteiger partial charge in [-0.1, -0.05) is 0 Å². The topological polar surface area (TPSA) is 6.48 Å². The highest BCUT2D eigenvalue weighted by atomic mass is 79.9. The molecule has 1 aromatic rings. The number of benzene rings is 1. The monoisotopic (exact) mass is 332 g/mol. The molecule has 1 aliphatic heterocycles. The third kappa shape index (κ3) is 3.15. The first kappa shape index (κ1) is 14.9. The molecule has 19 heavy (non-hydrogen) atoms. The Morgan fingerprint density at radius 1 is 1.21 bits per heavy atom. The van der Waals surface area contributed by atoms with Crippen LogP contribution in [-0.4, -0.2) is 42.0 Å². The van der Waals surface area contributed by atoms with Crippen molar-refractivity contribution < 1.29 is 8.78 Å². The molecule has 0 spiro atoms. The van der Waals surface area contributed by atoms with Crippen molar-refractivity contribution in [1.82, 2.24) is 9.80 Å². The third-order valence-electron chi connectivity index (χ3n) is 3.96. The summed E-state index contributed by atoms with van der Waals surface area (Å²) in [4.78, 5) is 4.41. The summed E-state index contributed by atoms with van der Waals surface area (Å²) in [5.41, 5.74) is 0.151. The molecule has 5 heteroatoms. The maximum Gasteiger partial charge on any atom is 0.144 e. The molecule has 2 nitrogen and oxygen atoms in total. The van der Waals surface area contributed by atoms with Gasteiger partial charge in [0.1, 0.15) is 11.6 Å². The van der Waals surface area contributed by atoms with Crippen molar-refractivity contribution in [2.45, 2.75) is 32.5 Å². The summed E-state index contributed by atoms with van der Waals surface area (Å²) in [5, 5.41) is 0. The van der Waals surface area contributed by atoms with Crippen molar-refractivity contribution in [2.75, 3.05) is 20.1 Å². The number of piperazine rings is 1. The average Bonchev–Trinajstić information content (AvgIpc) is 2.36. The molecule has 1 fully saturated rings. The van der Waals surface area contributed by atoms with E-state index in [1.165, 1.54) is 12.1 Å². The maximum absolute atomic E-state index is 14.0. The molecular formula is C14H19BrF2N2. The van der Waals surface area contributed by atoms with E-state index in [1.807, 2.05) is 0 Å². The van der Waals surface area contributed by atoms with E-state index in [0.717, 1.165) is 13.1 Å². The minimum atomic E-state index is -0.487. The van der Waals surface area contributed by atoms with Gasteiger partial charge in [0.15, 0.2) is 0 Å². The van der Waals surface area contributed by atoms with Crippen LogP contribution in [0.3, 0.4) is 0 Å². The van der Waals surface area contributed by atoms with Crippen molar-refractivity contribution in [3.8, 4) is 0 Å². The van der Waals surface area contributed by atoms with Crippen LogP contribution in [0.5, 0.6) is 0 Å². The Balaban J connectivity index is 2.16. The van der Waals surface area contributed by atoms with Crippen molar-refractivity contribution in [2.24, 2.45) is 0 Å². The summed E-state index contributed by atoms with van der Waals surface area (Å²) < 4.78 is 28.0. The van der Waals surface area contributed by atoms with Crippen LogP contribution >= 0.6 is 15.9 Å². The molecule has 106 valence electrons. The van der Waals surface area contributed by atoms with Crippen molar-refractivity contribution in [3.05, 3.63) is 33.8 Å². The zero-order valence-corrected chi connectivity index (χ0v) is 13.0. The van der Waals surface area contributed by atoms with Crippen molar-refractivity contribution in [1.29, 1.82) is 0 Å². The van der Waals surface area contributed by atoms with Gasteiger partial charge in [-0.3, -0.25) is 9.80 Å². The molecule has 0 aromatic heterocycles. The zero-order valence-electron chi connectivity index (χ0n) is 11.5. The molecule has 1 saturated heterocycles. The molecule has 2 rings (SSSR count). The Hall–Kier alpha value is -0.520. The van der Waals surface area contributed by atoms with Gasteiger partial charge >= 0.3 is 0 Å². The fourth-order valence-corrected chi connectivity index (χ4v) is 2.95. The van der Waals surface area contributed by atoms with Gasteiger partial charge in [0.25, 0.3) is 0 Å². The van der Waals surface area contributed by atoms with Crippen LogP contribution in [-0.2, 0) is 6.54 Å². The summed E-state index contributed by atoms with van der Waals surface area (Å²) in [6.07, 6.45) is 0. The number of likely N-dealkylation sites (N-methyl/N-ethyl adjacent to an activating group) is 1. The van der Waals surface area contributed by atoms with E-state index in [-0.39, 0.29) is 5.56 Å². The fraction of sp³-hybridized carbons (Fsp3) is 0.571. The lowest BCUT2D eigenvalue weighted by Crippen LogP contribution is -2.54. The maximum atomic E-state index is 14.0. The van der Waals surface area contributed by atoms with Crippen LogP contribution in [0, 0.1) is 11.6 Å². The highest BCUT2D eigenvalue weighted by Crippen LogP contribution is 2.24. The Labute approximate surface area is 121 Å². The molecule has 1 aromatic carbocycles. The van der Waals surface area contributed by atoms with Crippen LogP contribution in [0.4, 0.5) is 8.78 Å². The Morgan fingerprint density at radius 3 is 2.37 bits per heavy atom. The van der Waals surface area contributed by atoms with Gasteiger partial charge in [-0.15, -0.1) is 0 Å². The first-order valence-corrected chi connectivity index (χ1v) is 7.26. The molecule has 1 aliphatic rings. The Kier molecular flexibility index (Phi) is 4.58. The van der Waals surface area contributed by atoms with Gasteiger partial charge in [0.2, 0.25) is 0 Å². The van der Waals surface area contributed by atoms with E-state index in [4.69, 9.17) is 0 Å². The minimum Gasteiger partial charge on any atom is -0.298 e. The van der Waals surface area contributed by atoms with E-state index in [2.05, 4.69) is 46.6 Å². The van der Waals surface area contributed by atoms with Gasteiger partial charge in [-0.25, -0.2) is 8.78 Å². The van der Waals surface area contributed by atoms with Crippen LogP contribution in [0.25, 0.3) is 0 Å². The van der Waals surface area contributed by atoms with Gasteiger partial charge in [0.05, 0.1) is 4.47 Å². The highest BCUT2D eigenvalue weighted by Gasteiger charge is 2.27. The molecule has 0 N–H and O–H groups in total. The molecule has 2 unspecified atom stereocenters. The predicted molar refractivity (Wildman–Crippen MR) is 76.0 cm³/mol. The van der Waals surface area contributed by atoms with Crippen molar-refractivity contribution >= 4 is 15.9 Å². The van der Waals surface area contributed by atoms with Gasteiger partial charge in [-0.05, 0) is 49.0 Å². The molecule has 0 bridgehead atoms. The van der Waals surface area contributed by atoms with E-state index in [1.54, 1.807) is 0 Å². The molecule has 0 aliphatic carbocycles. The summed E-state index contributed by atoms with van der Waals surface area (Å²) >= 11 is 3.11. The van der Waals surface area contributed by atoms with Gasteiger partial charge in [0, 0.05) is 37.3 Å². The predicted octanol–water partition coefficient (Wildman–Crippen LogP) is 3.25. The highest BCUT2D eigenvalue weighted by molar-refractivity contribution is 9.10. The first-order chi connectivity index (χ1) is 8.90. The second-order valence-corrected chi connectivity index (χ2v) is 6.23. The minimum absolute atomic E-state index is 0.151. The second kappa shape index (κ2) is 5.85. The molecule has 0 saturated carbocycles. The number of rotatable bonds is 2. The Morgan fingerprint density at radius 2 is 1.79 bits per heavy atom. The number of halogens is 3. The van der Waals surface area contributed by atoms with Crippen LogP contribution in [0.15, 0.2) is 16.6 Å². The number of hydrogen-bond donors (Lipinski definition) is 0. The standard InChI is InChI=1S/C14H19BrF2N2/c1-9-6-19(7-10(2)18(9)3)8-11-13(16)5-4-12(15)14(11)17/h4-5,9-10H,6-8H2,1-3H3. The van der Waals surface area contributed by atoms with Crippen LogP contribution in [0.2, 0.25) is 0 Å². The van der Waals surface area contributed by atoms with E-state index in [0.29, 0.717) is 23.1 Å². The SMILES string of the molecule is CC1CN(Cc2c(F)ccc(Br)c2F)CC(C)N1C. The third-order valence-corrected chi connectivity index (χ3v) is 4.57. The van der Waals surface area contributed by atoms with E-state index in [9.17, 15) is 8.78 Å². The molecule has 0 amide bonds. The lowest BCUT2D eigenvalue weighted by Gasteiger charge is -2.42.